The molecule has 3 aliphatic rings. The number of rotatable bonds is 5. The third-order valence-electron chi connectivity index (χ3n) is 13.9. The molecule has 14 rings (SSSR count). The van der Waals surface area contributed by atoms with Gasteiger partial charge in [-0.15, -0.1) is 0 Å². The molecule has 0 N–H and O–H groups in total. The van der Waals surface area contributed by atoms with Gasteiger partial charge in [-0.05, 0) is 134 Å². The van der Waals surface area contributed by atoms with Crippen molar-refractivity contribution in [2.24, 2.45) is 0 Å². The minimum Gasteiger partial charge on any atom is -0.456 e. The molecule has 0 aromatic heterocycles. The molecule has 0 bridgehead atoms. The maximum Gasteiger partial charge on any atom is 0.135 e. The molecule has 0 amide bonds. The van der Waals surface area contributed by atoms with Gasteiger partial charge >= 0.3 is 0 Å². The average molecular weight is 896 g/mol. The number of ether oxygens (including phenoxy) is 3. The van der Waals surface area contributed by atoms with Crippen LogP contribution in [0.5, 0.6) is 34.5 Å². The van der Waals surface area contributed by atoms with E-state index in [0.717, 1.165) is 129 Å². The monoisotopic (exact) mass is 895 g/mol. The Kier molecular flexibility index (Phi) is 9.17. The second-order valence-electron chi connectivity index (χ2n) is 18.0. The second-order valence-corrected chi connectivity index (χ2v) is 18.0. The Bertz CT molecular complexity index is 3730. The first-order valence-electron chi connectivity index (χ1n) is 23.7. The van der Waals surface area contributed by atoms with E-state index in [9.17, 15) is 0 Å². The number of anilines is 3. The molecule has 70 heavy (non-hydrogen) atoms. The Morgan fingerprint density at radius 2 is 0.471 bits per heavy atom. The van der Waals surface area contributed by atoms with Gasteiger partial charge in [-0.3, -0.25) is 0 Å². The fourth-order valence-electron chi connectivity index (χ4n) is 10.6. The molecule has 0 aliphatic carbocycles. The van der Waals surface area contributed by atoms with Gasteiger partial charge in [0.2, 0.25) is 0 Å². The normalized spacial score (nSPS) is 12.1. The van der Waals surface area contributed by atoms with Crippen LogP contribution in [0.2, 0.25) is 0 Å². The molecule has 0 spiro atoms. The molecule has 0 unspecified atom stereocenters. The summed E-state index contributed by atoms with van der Waals surface area (Å²) in [5, 5.41) is 0. The highest BCUT2D eigenvalue weighted by Crippen LogP contribution is 2.52. The van der Waals surface area contributed by atoms with E-state index in [2.05, 4.69) is 217 Å². The first kappa shape index (κ1) is 39.8. The van der Waals surface area contributed by atoms with Gasteiger partial charge in [0.1, 0.15) is 34.5 Å². The summed E-state index contributed by atoms with van der Waals surface area (Å²) >= 11 is 0. The summed E-state index contributed by atoms with van der Waals surface area (Å²) in [7, 11) is 0. The second kappa shape index (κ2) is 16.2. The minimum atomic E-state index is 0.834. The standard InChI is InChI=1S/C66H41NO3/c1-2-14-50-49(13-1)53-15-3-8-20-61(53)70-66-38-31-45(39-60(50)66)44-27-25-42(26-28-44)43-29-32-46(33-30-43)67(47-34-36-51-54-16-4-9-21-62(54)68-64-23-11-6-18-56(64)58(51)40-47)48-35-37-52-55-17-5-10-22-63(55)69-65-24-12-7-19-57(65)59(52)41-48/h1-41H. The van der Waals surface area contributed by atoms with E-state index in [1.807, 2.05) is 36.4 Å². The van der Waals surface area contributed by atoms with Crippen LogP contribution in [-0.4, -0.2) is 0 Å². The van der Waals surface area contributed by atoms with Crippen LogP contribution in [-0.2, 0) is 0 Å². The number of para-hydroxylation sites is 5. The van der Waals surface area contributed by atoms with E-state index in [4.69, 9.17) is 14.2 Å². The molecule has 11 aromatic rings. The molecular formula is C66H41NO3. The van der Waals surface area contributed by atoms with Crippen molar-refractivity contribution in [3.8, 4) is 124 Å². The summed E-state index contributed by atoms with van der Waals surface area (Å²) in [6.45, 7) is 0. The van der Waals surface area contributed by atoms with Crippen LogP contribution in [0.15, 0.2) is 249 Å². The first-order chi connectivity index (χ1) is 34.7. The topological polar surface area (TPSA) is 30.9 Å². The molecule has 3 heterocycles. The maximum absolute atomic E-state index is 6.60. The molecule has 0 fully saturated rings. The fraction of sp³-hybridized carbons (Fsp3) is 0. The molecule has 4 heteroatoms. The molecule has 11 aromatic carbocycles. The number of hydrogen-bond donors (Lipinski definition) is 0. The van der Waals surface area contributed by atoms with Crippen LogP contribution in [0.25, 0.3) is 89.0 Å². The first-order valence-corrected chi connectivity index (χ1v) is 23.7. The minimum absolute atomic E-state index is 0.834. The van der Waals surface area contributed by atoms with Crippen molar-refractivity contribution >= 4 is 17.1 Å². The predicted molar refractivity (Wildman–Crippen MR) is 285 cm³/mol. The predicted octanol–water partition coefficient (Wildman–Crippen LogP) is 18.8. The van der Waals surface area contributed by atoms with Crippen molar-refractivity contribution in [3.05, 3.63) is 249 Å². The van der Waals surface area contributed by atoms with Gasteiger partial charge < -0.3 is 19.1 Å². The highest BCUT2D eigenvalue weighted by atomic mass is 16.5. The van der Waals surface area contributed by atoms with Crippen molar-refractivity contribution < 1.29 is 14.2 Å². The smallest absolute Gasteiger partial charge is 0.135 e. The quantitative estimate of drug-likeness (QED) is 0.172. The van der Waals surface area contributed by atoms with Gasteiger partial charge in [-0.2, -0.15) is 0 Å². The molecule has 328 valence electrons. The van der Waals surface area contributed by atoms with Gasteiger partial charge in [0, 0.05) is 50.4 Å². The lowest BCUT2D eigenvalue weighted by Crippen LogP contribution is -2.10. The Morgan fingerprint density at radius 3 is 0.900 bits per heavy atom. The lowest BCUT2D eigenvalue weighted by molar-refractivity contribution is 0.487. The summed E-state index contributed by atoms with van der Waals surface area (Å²) in [5.74, 6) is 5.09. The van der Waals surface area contributed by atoms with Crippen molar-refractivity contribution in [3.63, 3.8) is 0 Å². The lowest BCUT2D eigenvalue weighted by Gasteiger charge is -2.28. The Labute approximate surface area is 406 Å². The Balaban J connectivity index is 0.864. The summed E-state index contributed by atoms with van der Waals surface area (Å²) < 4.78 is 19.7. The van der Waals surface area contributed by atoms with E-state index >= 15 is 0 Å². The number of hydrogen-bond acceptors (Lipinski definition) is 4. The van der Waals surface area contributed by atoms with E-state index in [-0.39, 0.29) is 0 Å². The Morgan fingerprint density at radius 1 is 0.186 bits per heavy atom. The molecule has 0 radical (unpaired) electrons. The summed E-state index contributed by atoms with van der Waals surface area (Å²) in [4.78, 5) is 2.37. The van der Waals surface area contributed by atoms with Crippen LogP contribution in [0.3, 0.4) is 0 Å². The molecule has 0 saturated carbocycles. The molecular weight excluding hydrogens is 855 g/mol. The van der Waals surface area contributed by atoms with E-state index in [1.54, 1.807) is 0 Å². The zero-order chi connectivity index (χ0) is 46.1. The van der Waals surface area contributed by atoms with Crippen LogP contribution in [0.4, 0.5) is 17.1 Å². The van der Waals surface area contributed by atoms with Gasteiger partial charge in [-0.25, -0.2) is 0 Å². The fourth-order valence-corrected chi connectivity index (χ4v) is 10.6. The lowest BCUT2D eigenvalue weighted by atomic mass is 9.92. The summed E-state index contributed by atoms with van der Waals surface area (Å²) in [5.41, 5.74) is 20.9. The van der Waals surface area contributed by atoms with Crippen LogP contribution < -0.4 is 19.1 Å². The third kappa shape index (κ3) is 6.61. The highest BCUT2D eigenvalue weighted by Gasteiger charge is 2.26. The summed E-state index contributed by atoms with van der Waals surface area (Å²) in [6.07, 6.45) is 0. The molecule has 0 saturated heterocycles. The molecule has 4 nitrogen and oxygen atoms in total. The van der Waals surface area contributed by atoms with Gasteiger partial charge in [0.15, 0.2) is 0 Å². The number of benzene rings is 11. The van der Waals surface area contributed by atoms with Crippen LogP contribution >= 0.6 is 0 Å². The van der Waals surface area contributed by atoms with Gasteiger partial charge in [0.05, 0.1) is 0 Å². The number of fused-ring (bicyclic) bond motifs is 15. The largest absolute Gasteiger partial charge is 0.456 e. The highest BCUT2D eigenvalue weighted by molar-refractivity contribution is 5.97. The third-order valence-corrected chi connectivity index (χ3v) is 13.9. The van der Waals surface area contributed by atoms with Crippen molar-refractivity contribution in [1.82, 2.24) is 0 Å². The van der Waals surface area contributed by atoms with E-state index < -0.39 is 0 Å². The maximum atomic E-state index is 6.60. The van der Waals surface area contributed by atoms with Crippen molar-refractivity contribution in [2.75, 3.05) is 4.90 Å². The van der Waals surface area contributed by atoms with Gasteiger partial charge in [0.25, 0.3) is 0 Å². The summed E-state index contributed by atoms with van der Waals surface area (Å²) in [6, 6.07) is 88.1. The number of nitrogens with zero attached hydrogens (tertiary/aromatic N) is 1. The van der Waals surface area contributed by atoms with Crippen molar-refractivity contribution in [2.45, 2.75) is 0 Å². The van der Waals surface area contributed by atoms with Crippen LogP contribution in [0, 0.1) is 0 Å². The molecule has 0 atom stereocenters. The zero-order valence-corrected chi connectivity index (χ0v) is 37.8. The van der Waals surface area contributed by atoms with E-state index in [0.29, 0.717) is 0 Å². The van der Waals surface area contributed by atoms with E-state index in [1.165, 1.54) is 11.1 Å². The van der Waals surface area contributed by atoms with Crippen LogP contribution in [0.1, 0.15) is 0 Å². The SMILES string of the molecule is c1ccc2c(c1)Oc1ccc(-c3ccc(-c4ccc(N(c5ccc6c(c5)-c5ccccc5Oc5ccccc5-6)c5ccc6c(c5)-c5ccccc5Oc5ccccc5-6)cc4)cc3)cc1-c1ccccc1-2. The van der Waals surface area contributed by atoms with Gasteiger partial charge in [-0.1, -0.05) is 170 Å². The Hall–Kier alpha value is -9.38. The average Bonchev–Trinajstić information content (AvgIpc) is 3.73. The van der Waals surface area contributed by atoms with Crippen molar-refractivity contribution in [1.29, 1.82) is 0 Å². The zero-order valence-electron chi connectivity index (χ0n) is 37.8. The molecule has 3 aliphatic heterocycles.